The number of aryl methyl sites for hydroxylation is 1. The van der Waals surface area contributed by atoms with Gasteiger partial charge >= 0.3 is 5.97 Å². The van der Waals surface area contributed by atoms with Gasteiger partial charge in [-0.3, -0.25) is 9.89 Å². The lowest BCUT2D eigenvalue weighted by Gasteiger charge is -2.18. The molecule has 104 valence electrons. The summed E-state index contributed by atoms with van der Waals surface area (Å²) in [5, 5.41) is 15.7. The molecule has 0 atom stereocenters. The van der Waals surface area contributed by atoms with Crippen LogP contribution in [0.2, 0.25) is 0 Å². The van der Waals surface area contributed by atoms with Crippen LogP contribution in [-0.4, -0.2) is 34.5 Å². The number of nitrogens with one attached hydrogen (secondary N) is 1. The van der Waals surface area contributed by atoms with E-state index in [0.717, 1.165) is 22.7 Å². The van der Waals surface area contributed by atoms with Crippen molar-refractivity contribution in [1.82, 2.24) is 10.2 Å². The van der Waals surface area contributed by atoms with Crippen LogP contribution in [0, 0.1) is 0 Å². The Morgan fingerprint density at radius 1 is 1.25 bits per heavy atom. The van der Waals surface area contributed by atoms with Crippen molar-refractivity contribution >= 4 is 5.97 Å². The van der Waals surface area contributed by atoms with Gasteiger partial charge in [0.1, 0.15) is 13.2 Å². The van der Waals surface area contributed by atoms with Gasteiger partial charge in [-0.25, -0.2) is 0 Å². The molecule has 0 fully saturated rings. The molecule has 2 N–H and O–H groups in total. The lowest BCUT2D eigenvalue weighted by Crippen LogP contribution is -2.15. The predicted octanol–water partition coefficient (Wildman–Crippen LogP) is 1.87. The largest absolute Gasteiger partial charge is 0.486 e. The van der Waals surface area contributed by atoms with Crippen LogP contribution in [0.1, 0.15) is 12.1 Å². The number of fused-ring (bicyclic) bond motifs is 1. The second-order valence-corrected chi connectivity index (χ2v) is 4.53. The first-order chi connectivity index (χ1) is 9.72. The molecule has 0 spiro atoms. The molecule has 0 saturated carbocycles. The van der Waals surface area contributed by atoms with E-state index >= 15 is 0 Å². The van der Waals surface area contributed by atoms with Gasteiger partial charge in [0.05, 0.1) is 12.1 Å². The standard InChI is InChI=1S/C14H14N2O4/c17-14(18)4-2-10-8-11(16-15-10)9-1-3-12-13(7-9)20-6-5-19-12/h1,3,7-8H,2,4-6H2,(H,15,16)(H,17,18). The molecule has 2 aromatic rings. The van der Waals surface area contributed by atoms with Gasteiger partial charge < -0.3 is 14.6 Å². The first-order valence-electron chi connectivity index (χ1n) is 6.38. The number of aliphatic carboxylic acids is 1. The number of ether oxygens (including phenoxy) is 2. The number of aromatic amines is 1. The average molecular weight is 274 g/mol. The average Bonchev–Trinajstić information content (AvgIpc) is 2.93. The van der Waals surface area contributed by atoms with E-state index in [2.05, 4.69) is 10.2 Å². The Morgan fingerprint density at radius 2 is 2.05 bits per heavy atom. The fourth-order valence-corrected chi connectivity index (χ4v) is 2.08. The zero-order valence-electron chi connectivity index (χ0n) is 10.8. The highest BCUT2D eigenvalue weighted by Crippen LogP contribution is 2.34. The Morgan fingerprint density at radius 3 is 2.85 bits per heavy atom. The summed E-state index contributed by atoms with van der Waals surface area (Å²) in [5.74, 6) is 0.631. The Hall–Kier alpha value is -2.50. The van der Waals surface area contributed by atoms with Crippen molar-refractivity contribution in [3.8, 4) is 22.8 Å². The Bertz CT molecular complexity index is 636. The summed E-state index contributed by atoms with van der Waals surface area (Å²) < 4.78 is 11.0. The lowest BCUT2D eigenvalue weighted by atomic mass is 10.1. The molecular formula is C14H14N2O4. The molecule has 1 aromatic carbocycles. The van der Waals surface area contributed by atoms with E-state index in [1.807, 2.05) is 24.3 Å². The van der Waals surface area contributed by atoms with Crippen molar-refractivity contribution in [3.63, 3.8) is 0 Å². The number of hydrogen-bond donors (Lipinski definition) is 2. The molecule has 0 bridgehead atoms. The molecule has 0 aliphatic carbocycles. The van der Waals surface area contributed by atoms with E-state index in [4.69, 9.17) is 14.6 Å². The summed E-state index contributed by atoms with van der Waals surface area (Å²) in [6.45, 7) is 1.11. The molecule has 20 heavy (non-hydrogen) atoms. The van der Waals surface area contributed by atoms with Crippen LogP contribution >= 0.6 is 0 Å². The van der Waals surface area contributed by atoms with E-state index in [9.17, 15) is 4.79 Å². The summed E-state index contributed by atoms with van der Waals surface area (Å²) in [5.41, 5.74) is 2.48. The minimum Gasteiger partial charge on any atom is -0.486 e. The lowest BCUT2D eigenvalue weighted by molar-refractivity contribution is -0.136. The molecule has 3 rings (SSSR count). The third kappa shape index (κ3) is 2.59. The van der Waals surface area contributed by atoms with E-state index < -0.39 is 5.97 Å². The van der Waals surface area contributed by atoms with Crippen LogP contribution in [-0.2, 0) is 11.2 Å². The number of hydrogen-bond acceptors (Lipinski definition) is 4. The van der Waals surface area contributed by atoms with Gasteiger partial charge in [-0.15, -0.1) is 0 Å². The van der Waals surface area contributed by atoms with Gasteiger partial charge in [0.2, 0.25) is 0 Å². The summed E-state index contributed by atoms with van der Waals surface area (Å²) >= 11 is 0. The van der Waals surface area contributed by atoms with Crippen LogP contribution in [0.3, 0.4) is 0 Å². The van der Waals surface area contributed by atoms with Crippen molar-refractivity contribution in [2.45, 2.75) is 12.8 Å². The van der Waals surface area contributed by atoms with Crippen LogP contribution in [0.15, 0.2) is 24.3 Å². The van der Waals surface area contributed by atoms with E-state index in [0.29, 0.717) is 25.4 Å². The molecule has 0 radical (unpaired) electrons. The van der Waals surface area contributed by atoms with Crippen LogP contribution in [0.5, 0.6) is 11.5 Å². The fraction of sp³-hybridized carbons (Fsp3) is 0.286. The monoisotopic (exact) mass is 274 g/mol. The molecule has 2 heterocycles. The van der Waals surface area contributed by atoms with E-state index in [-0.39, 0.29) is 6.42 Å². The Balaban J connectivity index is 1.80. The van der Waals surface area contributed by atoms with E-state index in [1.165, 1.54) is 0 Å². The number of H-pyrrole nitrogens is 1. The van der Waals surface area contributed by atoms with Gasteiger partial charge in [-0.1, -0.05) is 0 Å². The Kier molecular flexibility index (Phi) is 3.28. The molecule has 0 amide bonds. The maximum Gasteiger partial charge on any atom is 0.303 e. The van der Waals surface area contributed by atoms with Crippen LogP contribution in [0.25, 0.3) is 11.3 Å². The normalized spacial score (nSPS) is 13.2. The van der Waals surface area contributed by atoms with Gasteiger partial charge in [-0.2, -0.15) is 5.10 Å². The smallest absolute Gasteiger partial charge is 0.303 e. The molecule has 1 aliphatic rings. The molecule has 1 aliphatic heterocycles. The highest BCUT2D eigenvalue weighted by molar-refractivity contribution is 5.67. The molecule has 0 saturated heterocycles. The van der Waals surface area contributed by atoms with Crippen molar-refractivity contribution < 1.29 is 19.4 Å². The van der Waals surface area contributed by atoms with Crippen molar-refractivity contribution in [2.75, 3.05) is 13.2 Å². The van der Waals surface area contributed by atoms with E-state index in [1.54, 1.807) is 0 Å². The maximum atomic E-state index is 10.5. The molecule has 1 aromatic heterocycles. The third-order valence-electron chi connectivity index (χ3n) is 3.08. The topological polar surface area (TPSA) is 84.4 Å². The van der Waals surface area contributed by atoms with Crippen molar-refractivity contribution in [3.05, 3.63) is 30.0 Å². The first-order valence-corrected chi connectivity index (χ1v) is 6.38. The summed E-state index contributed by atoms with van der Waals surface area (Å²) in [6, 6.07) is 7.50. The second kappa shape index (κ2) is 5.24. The number of rotatable bonds is 4. The number of aromatic nitrogens is 2. The maximum absolute atomic E-state index is 10.5. The highest BCUT2D eigenvalue weighted by Gasteiger charge is 2.13. The number of carboxylic acid groups (broad SMARTS) is 1. The molecule has 6 heteroatoms. The summed E-state index contributed by atoms with van der Waals surface area (Å²) in [6.07, 6.45) is 0.523. The van der Waals surface area contributed by atoms with Crippen LogP contribution in [0.4, 0.5) is 0 Å². The zero-order chi connectivity index (χ0) is 13.9. The Labute approximate surface area is 115 Å². The second-order valence-electron chi connectivity index (χ2n) is 4.53. The van der Waals surface area contributed by atoms with Crippen molar-refractivity contribution in [1.29, 1.82) is 0 Å². The third-order valence-corrected chi connectivity index (χ3v) is 3.08. The summed E-state index contributed by atoms with van der Waals surface area (Å²) in [4.78, 5) is 10.5. The van der Waals surface area contributed by atoms with Gasteiger partial charge in [0, 0.05) is 11.3 Å². The fourth-order valence-electron chi connectivity index (χ4n) is 2.08. The number of carboxylic acids is 1. The minimum atomic E-state index is -0.819. The summed E-state index contributed by atoms with van der Waals surface area (Å²) in [7, 11) is 0. The highest BCUT2D eigenvalue weighted by atomic mass is 16.6. The van der Waals surface area contributed by atoms with Crippen molar-refractivity contribution in [2.24, 2.45) is 0 Å². The number of nitrogens with zero attached hydrogens (tertiary/aromatic N) is 1. The zero-order valence-corrected chi connectivity index (χ0v) is 10.8. The first kappa shape index (κ1) is 12.5. The molecular weight excluding hydrogens is 260 g/mol. The van der Waals surface area contributed by atoms with Gasteiger partial charge in [-0.05, 0) is 30.7 Å². The van der Waals surface area contributed by atoms with Gasteiger partial charge in [0.15, 0.2) is 11.5 Å². The predicted molar refractivity (Wildman–Crippen MR) is 71.0 cm³/mol. The molecule has 0 unspecified atom stereocenters. The number of benzene rings is 1. The SMILES string of the molecule is O=C(O)CCc1cc(-c2ccc3c(c2)OCCO3)n[nH]1. The number of carbonyl (C=O) groups is 1. The minimum absolute atomic E-state index is 0.0861. The quantitative estimate of drug-likeness (QED) is 0.889. The van der Waals surface area contributed by atoms with Gasteiger partial charge in [0.25, 0.3) is 0 Å². The molecule has 6 nitrogen and oxygen atoms in total. The van der Waals surface area contributed by atoms with Crippen LogP contribution < -0.4 is 9.47 Å².